The van der Waals surface area contributed by atoms with Gasteiger partial charge in [0.05, 0.1) is 0 Å². The molecule has 0 fully saturated rings. The zero-order chi connectivity index (χ0) is 15.3. The maximum absolute atomic E-state index is 12.2. The normalized spacial score (nSPS) is 11.2. The van der Waals surface area contributed by atoms with Crippen molar-refractivity contribution in [2.45, 2.75) is 34.6 Å². The minimum absolute atomic E-state index is 0.0849. The fourth-order valence-electron chi connectivity index (χ4n) is 2.43. The van der Waals surface area contributed by atoms with E-state index in [9.17, 15) is 4.79 Å². The lowest BCUT2D eigenvalue weighted by molar-refractivity contribution is 0.0937. The summed E-state index contributed by atoms with van der Waals surface area (Å²) in [5.41, 5.74) is 3.81. The molecule has 5 nitrogen and oxygen atoms in total. The van der Waals surface area contributed by atoms with E-state index < -0.39 is 0 Å². The van der Waals surface area contributed by atoms with Gasteiger partial charge in [0, 0.05) is 17.8 Å². The number of nitrogens with two attached hydrogens (primary N) is 1. The number of carbonyl (C=O) groups is 1. The SMILES string of the molecule is Cc1cc(C(=O)NCC(C(C)C)C(C)C)cc(NN)n1. The second-order valence-corrected chi connectivity index (χ2v) is 5.89. The number of aryl methyl sites for hydroxylation is 1. The first kappa shape index (κ1) is 16.4. The molecule has 0 spiro atoms. The van der Waals surface area contributed by atoms with Gasteiger partial charge < -0.3 is 10.7 Å². The molecule has 0 aliphatic carbocycles. The molecule has 1 aromatic rings. The highest BCUT2D eigenvalue weighted by Gasteiger charge is 2.18. The van der Waals surface area contributed by atoms with Crippen LogP contribution in [-0.2, 0) is 0 Å². The molecule has 0 radical (unpaired) electrons. The lowest BCUT2D eigenvalue weighted by atomic mass is 9.85. The van der Waals surface area contributed by atoms with Gasteiger partial charge in [-0.05, 0) is 36.8 Å². The van der Waals surface area contributed by atoms with E-state index in [1.807, 2.05) is 6.92 Å². The lowest BCUT2D eigenvalue weighted by Gasteiger charge is -2.25. The molecule has 0 unspecified atom stereocenters. The number of aromatic nitrogens is 1. The van der Waals surface area contributed by atoms with Gasteiger partial charge in [-0.25, -0.2) is 10.8 Å². The molecule has 0 saturated heterocycles. The van der Waals surface area contributed by atoms with Crippen molar-refractivity contribution in [3.63, 3.8) is 0 Å². The average molecular weight is 278 g/mol. The van der Waals surface area contributed by atoms with Crippen molar-refractivity contribution >= 4 is 11.7 Å². The Morgan fingerprint density at radius 2 is 1.85 bits per heavy atom. The summed E-state index contributed by atoms with van der Waals surface area (Å²) in [7, 11) is 0. The van der Waals surface area contributed by atoms with Crippen LogP contribution in [-0.4, -0.2) is 17.4 Å². The highest BCUT2D eigenvalue weighted by atomic mass is 16.1. The predicted octanol–water partition coefficient (Wildman–Crippen LogP) is 2.33. The van der Waals surface area contributed by atoms with Crippen LogP contribution >= 0.6 is 0 Å². The predicted molar refractivity (Wildman–Crippen MR) is 82.3 cm³/mol. The maximum atomic E-state index is 12.2. The Hall–Kier alpha value is -1.62. The van der Waals surface area contributed by atoms with E-state index in [2.05, 4.69) is 43.4 Å². The summed E-state index contributed by atoms with van der Waals surface area (Å²) in [5, 5.41) is 3.00. The van der Waals surface area contributed by atoms with Gasteiger partial charge in [0.25, 0.3) is 5.91 Å². The van der Waals surface area contributed by atoms with Crippen LogP contribution in [0.25, 0.3) is 0 Å². The number of carbonyl (C=O) groups excluding carboxylic acids is 1. The molecular formula is C15H26N4O. The Morgan fingerprint density at radius 3 is 2.35 bits per heavy atom. The van der Waals surface area contributed by atoms with Crippen LogP contribution in [0.15, 0.2) is 12.1 Å². The van der Waals surface area contributed by atoms with Gasteiger partial charge in [-0.3, -0.25) is 4.79 Å². The molecule has 4 N–H and O–H groups in total. The maximum Gasteiger partial charge on any atom is 0.251 e. The Balaban J connectivity index is 2.74. The van der Waals surface area contributed by atoms with Crippen LogP contribution in [0.1, 0.15) is 43.7 Å². The van der Waals surface area contributed by atoms with E-state index in [4.69, 9.17) is 5.84 Å². The molecule has 0 bridgehead atoms. The van der Waals surface area contributed by atoms with Gasteiger partial charge in [0.2, 0.25) is 0 Å². The van der Waals surface area contributed by atoms with Crippen molar-refractivity contribution in [3.05, 3.63) is 23.4 Å². The zero-order valence-electron chi connectivity index (χ0n) is 13.0. The number of hydrogen-bond donors (Lipinski definition) is 3. The molecule has 112 valence electrons. The smallest absolute Gasteiger partial charge is 0.251 e. The van der Waals surface area contributed by atoms with Crippen LogP contribution in [0, 0.1) is 24.7 Å². The minimum atomic E-state index is -0.0849. The third-order valence-corrected chi connectivity index (χ3v) is 3.57. The molecule has 0 atom stereocenters. The number of nitrogens with zero attached hydrogens (tertiary/aromatic N) is 1. The molecule has 1 aromatic heterocycles. The fraction of sp³-hybridized carbons (Fsp3) is 0.600. The topological polar surface area (TPSA) is 80.0 Å². The molecular weight excluding hydrogens is 252 g/mol. The van der Waals surface area contributed by atoms with Gasteiger partial charge >= 0.3 is 0 Å². The first-order valence-electron chi connectivity index (χ1n) is 7.08. The third-order valence-electron chi connectivity index (χ3n) is 3.57. The monoisotopic (exact) mass is 278 g/mol. The van der Waals surface area contributed by atoms with Crippen molar-refractivity contribution < 1.29 is 4.79 Å². The number of rotatable bonds is 6. The Morgan fingerprint density at radius 1 is 1.25 bits per heavy atom. The molecule has 1 amide bonds. The Labute approximate surface area is 121 Å². The zero-order valence-corrected chi connectivity index (χ0v) is 13.0. The Bertz CT molecular complexity index is 449. The number of anilines is 1. The van der Waals surface area contributed by atoms with Gasteiger partial charge in [-0.2, -0.15) is 0 Å². The molecule has 0 aliphatic rings. The van der Waals surface area contributed by atoms with Crippen LogP contribution in [0.5, 0.6) is 0 Å². The second-order valence-electron chi connectivity index (χ2n) is 5.89. The number of hydrogen-bond acceptors (Lipinski definition) is 4. The van der Waals surface area contributed by atoms with Gasteiger partial charge in [-0.1, -0.05) is 27.7 Å². The van der Waals surface area contributed by atoms with E-state index in [0.717, 1.165) is 5.69 Å². The summed E-state index contributed by atoms with van der Waals surface area (Å²) < 4.78 is 0. The Kier molecular flexibility index (Phi) is 5.95. The van der Waals surface area contributed by atoms with Crippen molar-refractivity contribution in [2.24, 2.45) is 23.6 Å². The third kappa shape index (κ3) is 4.49. The number of nitrogen functional groups attached to an aromatic ring is 1. The fourth-order valence-corrected chi connectivity index (χ4v) is 2.43. The number of nitrogens with one attached hydrogen (secondary N) is 2. The minimum Gasteiger partial charge on any atom is -0.352 e. The van der Waals surface area contributed by atoms with Crippen LogP contribution in [0.3, 0.4) is 0 Å². The van der Waals surface area contributed by atoms with Crippen molar-refractivity contribution in [1.82, 2.24) is 10.3 Å². The van der Waals surface area contributed by atoms with Gasteiger partial charge in [-0.15, -0.1) is 0 Å². The van der Waals surface area contributed by atoms with Gasteiger partial charge in [0.1, 0.15) is 5.82 Å². The molecule has 0 saturated carbocycles. The van der Waals surface area contributed by atoms with E-state index in [1.165, 1.54) is 0 Å². The highest BCUT2D eigenvalue weighted by molar-refractivity contribution is 5.94. The van der Waals surface area contributed by atoms with E-state index >= 15 is 0 Å². The molecule has 1 rings (SSSR count). The number of amides is 1. The van der Waals surface area contributed by atoms with Crippen LogP contribution < -0.4 is 16.6 Å². The summed E-state index contributed by atoms with van der Waals surface area (Å²) in [5.74, 6) is 7.30. The van der Waals surface area contributed by atoms with Crippen LogP contribution in [0.4, 0.5) is 5.82 Å². The second kappa shape index (κ2) is 7.24. The van der Waals surface area contributed by atoms with E-state index in [1.54, 1.807) is 12.1 Å². The van der Waals surface area contributed by atoms with Crippen molar-refractivity contribution in [1.29, 1.82) is 0 Å². The summed E-state index contributed by atoms with van der Waals surface area (Å²) in [6.45, 7) is 11.3. The molecule has 0 aliphatic heterocycles. The molecule has 20 heavy (non-hydrogen) atoms. The number of pyridine rings is 1. The van der Waals surface area contributed by atoms with Gasteiger partial charge in [0.15, 0.2) is 0 Å². The summed E-state index contributed by atoms with van der Waals surface area (Å²) in [6, 6.07) is 3.41. The summed E-state index contributed by atoms with van der Waals surface area (Å²) in [6.07, 6.45) is 0. The van der Waals surface area contributed by atoms with Crippen molar-refractivity contribution in [3.8, 4) is 0 Å². The molecule has 5 heteroatoms. The van der Waals surface area contributed by atoms with Crippen LogP contribution in [0.2, 0.25) is 0 Å². The average Bonchev–Trinajstić information content (AvgIpc) is 2.37. The molecule has 1 heterocycles. The molecule has 0 aromatic carbocycles. The van der Waals surface area contributed by atoms with Crippen molar-refractivity contribution in [2.75, 3.05) is 12.0 Å². The first-order valence-corrected chi connectivity index (χ1v) is 7.08. The quantitative estimate of drug-likeness (QED) is 0.551. The van der Waals surface area contributed by atoms with E-state index in [0.29, 0.717) is 35.7 Å². The van der Waals surface area contributed by atoms with E-state index in [-0.39, 0.29) is 5.91 Å². The number of hydrazine groups is 1. The summed E-state index contributed by atoms with van der Waals surface area (Å²) >= 11 is 0. The summed E-state index contributed by atoms with van der Waals surface area (Å²) in [4.78, 5) is 16.4. The highest BCUT2D eigenvalue weighted by Crippen LogP contribution is 2.19. The largest absolute Gasteiger partial charge is 0.352 e. The first-order chi connectivity index (χ1) is 9.35. The standard InChI is InChI=1S/C15H26N4O/c1-9(2)13(10(3)4)8-17-15(20)12-6-11(5)18-14(7-12)19-16/h6-7,9-10,13H,8,16H2,1-5H3,(H,17,20)(H,18,19). The lowest BCUT2D eigenvalue weighted by Crippen LogP contribution is -2.34.